The molecule has 31 heavy (non-hydrogen) atoms. The Morgan fingerprint density at radius 3 is 2.45 bits per heavy atom. The van der Waals surface area contributed by atoms with Crippen molar-refractivity contribution in [2.24, 2.45) is 0 Å². The predicted molar refractivity (Wildman–Crippen MR) is 123 cm³/mol. The summed E-state index contributed by atoms with van der Waals surface area (Å²) in [5, 5.41) is 2.84. The lowest BCUT2D eigenvalue weighted by atomic mass is 10.1. The van der Waals surface area contributed by atoms with E-state index in [4.69, 9.17) is 4.42 Å². The number of rotatable bonds is 6. The first-order chi connectivity index (χ1) is 15.0. The molecule has 4 rings (SSSR count). The van der Waals surface area contributed by atoms with Crippen LogP contribution in [0.15, 0.2) is 98.0 Å². The van der Waals surface area contributed by atoms with Crippen molar-refractivity contribution in [1.82, 2.24) is 4.57 Å². The Hall–Kier alpha value is -3.51. The molecule has 0 aliphatic heterocycles. The molecule has 6 heteroatoms. The number of nitrogens with zero attached hydrogens (tertiary/aromatic N) is 1. The van der Waals surface area contributed by atoms with Crippen LogP contribution in [0.2, 0.25) is 0 Å². The molecule has 0 bridgehead atoms. The van der Waals surface area contributed by atoms with E-state index in [1.807, 2.05) is 24.3 Å². The zero-order valence-electron chi connectivity index (χ0n) is 17.3. The van der Waals surface area contributed by atoms with E-state index < -0.39 is 0 Å². The van der Waals surface area contributed by atoms with Gasteiger partial charge in [0.2, 0.25) is 0 Å². The zero-order valence-corrected chi connectivity index (χ0v) is 18.1. The van der Waals surface area contributed by atoms with Gasteiger partial charge < -0.3 is 14.3 Å². The molecular weight excluding hydrogens is 408 g/mol. The number of carbonyl (C=O) groups excluding carboxylic acids is 1. The van der Waals surface area contributed by atoms with Crippen LogP contribution in [0.25, 0.3) is 0 Å². The van der Waals surface area contributed by atoms with E-state index in [1.54, 1.807) is 42.2 Å². The number of carbonyl (C=O) groups is 1. The van der Waals surface area contributed by atoms with Crippen molar-refractivity contribution in [2.75, 3.05) is 5.32 Å². The summed E-state index contributed by atoms with van der Waals surface area (Å²) in [5.74, 6) is 0.410. The molecule has 0 radical (unpaired) electrons. The van der Waals surface area contributed by atoms with E-state index in [-0.39, 0.29) is 23.8 Å². The van der Waals surface area contributed by atoms with Gasteiger partial charge in [-0.2, -0.15) is 0 Å². The summed E-state index contributed by atoms with van der Waals surface area (Å²) >= 11 is 1.68. The fourth-order valence-electron chi connectivity index (χ4n) is 3.06. The van der Waals surface area contributed by atoms with E-state index in [2.05, 4.69) is 37.4 Å². The van der Waals surface area contributed by atoms with E-state index in [0.29, 0.717) is 11.4 Å². The van der Waals surface area contributed by atoms with Crippen molar-refractivity contribution in [3.05, 3.63) is 112 Å². The van der Waals surface area contributed by atoms with Crippen LogP contribution in [-0.2, 0) is 6.54 Å². The highest BCUT2D eigenvalue weighted by atomic mass is 32.2. The van der Waals surface area contributed by atoms with E-state index in [9.17, 15) is 9.59 Å². The van der Waals surface area contributed by atoms with Crippen molar-refractivity contribution in [1.29, 1.82) is 0 Å². The average Bonchev–Trinajstić information content (AvgIpc) is 3.23. The number of hydrogen-bond acceptors (Lipinski definition) is 4. The number of aromatic nitrogens is 1. The molecule has 5 nitrogen and oxygen atoms in total. The van der Waals surface area contributed by atoms with Crippen LogP contribution in [0.1, 0.15) is 27.4 Å². The normalized spacial score (nSPS) is 10.8. The molecule has 1 amide bonds. The summed E-state index contributed by atoms with van der Waals surface area (Å²) in [5.41, 5.74) is 3.11. The van der Waals surface area contributed by atoms with E-state index >= 15 is 0 Å². The maximum atomic E-state index is 12.5. The monoisotopic (exact) mass is 430 g/mol. The summed E-state index contributed by atoms with van der Waals surface area (Å²) in [7, 11) is 0. The Morgan fingerprint density at radius 2 is 1.71 bits per heavy atom. The molecule has 0 fully saturated rings. The largest absolute Gasteiger partial charge is 0.454 e. The molecule has 0 aliphatic rings. The fourth-order valence-corrected chi connectivity index (χ4v) is 3.97. The van der Waals surface area contributed by atoms with E-state index in [0.717, 1.165) is 4.90 Å². The second-order valence-corrected chi connectivity index (χ2v) is 8.41. The van der Waals surface area contributed by atoms with Gasteiger partial charge in [-0.3, -0.25) is 9.59 Å². The maximum Gasteiger partial charge on any atom is 0.291 e. The van der Waals surface area contributed by atoms with Crippen molar-refractivity contribution in [3.63, 3.8) is 0 Å². The van der Waals surface area contributed by atoms with Gasteiger partial charge in [-0.25, -0.2) is 0 Å². The minimum absolute atomic E-state index is 0.122. The van der Waals surface area contributed by atoms with Gasteiger partial charge in [0.1, 0.15) is 5.76 Å². The molecule has 0 aliphatic carbocycles. The number of amides is 1. The number of anilines is 1. The number of pyridine rings is 1. The van der Waals surface area contributed by atoms with Gasteiger partial charge in [0.05, 0.1) is 6.54 Å². The lowest BCUT2D eigenvalue weighted by Crippen LogP contribution is -2.18. The van der Waals surface area contributed by atoms with E-state index in [1.165, 1.54) is 26.7 Å². The van der Waals surface area contributed by atoms with Crippen LogP contribution in [0.5, 0.6) is 0 Å². The molecule has 156 valence electrons. The Kier molecular flexibility index (Phi) is 6.09. The summed E-state index contributed by atoms with van der Waals surface area (Å²) in [6.07, 6.45) is 1.68. The molecule has 0 saturated carbocycles. The van der Waals surface area contributed by atoms with Gasteiger partial charge in [0.25, 0.3) is 11.5 Å². The minimum Gasteiger partial charge on any atom is -0.454 e. The van der Waals surface area contributed by atoms with Crippen LogP contribution in [-0.4, -0.2) is 10.5 Å². The first kappa shape index (κ1) is 20.8. The summed E-state index contributed by atoms with van der Waals surface area (Å²) in [6, 6.07) is 22.4. The first-order valence-electron chi connectivity index (χ1n) is 9.89. The number of furan rings is 1. The van der Waals surface area contributed by atoms with Gasteiger partial charge in [0, 0.05) is 27.7 Å². The molecule has 1 N–H and O–H groups in total. The average molecular weight is 431 g/mol. The van der Waals surface area contributed by atoms with Gasteiger partial charge in [-0.15, -0.1) is 0 Å². The van der Waals surface area contributed by atoms with Gasteiger partial charge in [-0.05, 0) is 79.6 Å². The van der Waals surface area contributed by atoms with Crippen molar-refractivity contribution >= 4 is 23.4 Å². The molecule has 0 atom stereocenters. The number of hydrogen-bond donors (Lipinski definition) is 1. The summed E-state index contributed by atoms with van der Waals surface area (Å²) < 4.78 is 7.14. The number of aryl methyl sites for hydroxylation is 2. The van der Waals surface area contributed by atoms with Gasteiger partial charge in [0.15, 0.2) is 5.76 Å². The van der Waals surface area contributed by atoms with Crippen LogP contribution in [0.3, 0.4) is 0 Å². The van der Waals surface area contributed by atoms with Crippen molar-refractivity contribution in [2.45, 2.75) is 30.2 Å². The van der Waals surface area contributed by atoms with Crippen LogP contribution in [0.4, 0.5) is 5.69 Å². The Bertz CT molecular complexity index is 1270. The highest BCUT2D eigenvalue weighted by Gasteiger charge is 2.12. The lowest BCUT2D eigenvalue weighted by Gasteiger charge is -2.07. The predicted octanol–water partition coefficient (Wildman–Crippen LogP) is 5.51. The third-order valence-electron chi connectivity index (χ3n) is 4.94. The topological polar surface area (TPSA) is 64.2 Å². The van der Waals surface area contributed by atoms with Crippen LogP contribution in [0, 0.1) is 13.8 Å². The molecule has 2 heterocycles. The summed E-state index contributed by atoms with van der Waals surface area (Å²) in [6.45, 7) is 4.48. The maximum absolute atomic E-state index is 12.5. The van der Waals surface area contributed by atoms with Crippen molar-refractivity contribution < 1.29 is 9.21 Å². The smallest absolute Gasteiger partial charge is 0.291 e. The number of benzene rings is 2. The molecule has 0 spiro atoms. The Labute approximate surface area is 184 Å². The van der Waals surface area contributed by atoms with Crippen LogP contribution >= 0.6 is 11.8 Å². The second kappa shape index (κ2) is 9.10. The molecule has 2 aromatic carbocycles. The van der Waals surface area contributed by atoms with Crippen molar-refractivity contribution in [3.8, 4) is 0 Å². The third kappa shape index (κ3) is 5.16. The minimum atomic E-state index is -0.332. The summed E-state index contributed by atoms with van der Waals surface area (Å²) in [4.78, 5) is 26.6. The number of nitrogens with one attached hydrogen (secondary N) is 1. The zero-order chi connectivity index (χ0) is 21.8. The Morgan fingerprint density at radius 1 is 0.935 bits per heavy atom. The fraction of sp³-hybridized carbons (Fsp3) is 0.120. The van der Waals surface area contributed by atoms with Gasteiger partial charge >= 0.3 is 0 Å². The molecule has 0 saturated heterocycles. The molecular formula is C25H22N2O3S. The highest BCUT2D eigenvalue weighted by molar-refractivity contribution is 7.99. The quantitative estimate of drug-likeness (QED) is 0.438. The highest BCUT2D eigenvalue weighted by Crippen LogP contribution is 2.30. The molecule has 0 unspecified atom stereocenters. The Balaban J connectivity index is 1.38. The lowest BCUT2D eigenvalue weighted by molar-refractivity contribution is 0.0994. The SMILES string of the molecule is Cc1ccc(Sc2ccc(NC(=O)c3ccc(Cn4ccccc4=O)o3)cc2)cc1C. The van der Waals surface area contributed by atoms with Crippen LogP contribution < -0.4 is 10.9 Å². The second-order valence-electron chi connectivity index (χ2n) is 7.26. The third-order valence-corrected chi connectivity index (χ3v) is 5.93. The molecule has 4 aromatic rings. The standard InChI is InChI=1S/C25H22N2O3S/c1-17-6-10-22(15-18(17)2)31-21-11-7-19(8-12-21)26-25(29)23-13-9-20(30-23)16-27-14-4-3-5-24(27)28/h3-15H,16H2,1-2H3,(H,26,29). The van der Waals surface area contributed by atoms with Gasteiger partial charge in [-0.1, -0.05) is 23.9 Å². The first-order valence-corrected chi connectivity index (χ1v) is 10.7. The molecule has 2 aromatic heterocycles.